The Labute approximate surface area is 172 Å². The molecule has 30 heavy (non-hydrogen) atoms. The molecule has 10 nitrogen and oxygen atoms in total. The molecule has 0 fully saturated rings. The van der Waals surface area contributed by atoms with E-state index in [1.54, 1.807) is 38.3 Å². The highest BCUT2D eigenvalue weighted by atomic mass is 16.6. The number of nitrogens with zero attached hydrogens (tertiary/aromatic N) is 1. The first-order valence-electron chi connectivity index (χ1n) is 8.95. The molecule has 0 heterocycles. The third-order valence-corrected chi connectivity index (χ3v) is 3.98. The van der Waals surface area contributed by atoms with Gasteiger partial charge in [-0.1, -0.05) is 12.1 Å². The van der Waals surface area contributed by atoms with Gasteiger partial charge < -0.3 is 24.3 Å². The summed E-state index contributed by atoms with van der Waals surface area (Å²) in [5.41, 5.74) is -0.0338. The van der Waals surface area contributed by atoms with Gasteiger partial charge in [0.05, 0.1) is 31.8 Å². The minimum Gasteiger partial charge on any atom is -0.497 e. The Morgan fingerprint density at radius 3 is 2.33 bits per heavy atom. The molecule has 0 spiro atoms. The summed E-state index contributed by atoms with van der Waals surface area (Å²) in [5, 5.41) is 13.9. The van der Waals surface area contributed by atoms with Gasteiger partial charge in [0.2, 0.25) is 0 Å². The van der Waals surface area contributed by atoms with Crippen LogP contribution in [0.25, 0.3) is 0 Å². The molecular formula is C20H22N2O8. The quantitative estimate of drug-likeness (QED) is 0.354. The highest BCUT2D eigenvalue weighted by molar-refractivity contribution is 5.96. The van der Waals surface area contributed by atoms with E-state index >= 15 is 0 Å². The number of carbonyl (C=O) groups excluding carboxylic acids is 2. The second-order valence-corrected chi connectivity index (χ2v) is 5.91. The Balaban J connectivity index is 2.02. The first kappa shape index (κ1) is 22.5. The van der Waals surface area contributed by atoms with Crippen LogP contribution < -0.4 is 19.5 Å². The fourth-order valence-electron chi connectivity index (χ4n) is 2.50. The highest BCUT2D eigenvalue weighted by Gasteiger charge is 2.26. The van der Waals surface area contributed by atoms with Crippen LogP contribution in [0.2, 0.25) is 0 Å². The molecule has 0 atom stereocenters. The minimum absolute atomic E-state index is 0.125. The van der Waals surface area contributed by atoms with Gasteiger partial charge in [-0.25, -0.2) is 4.79 Å². The van der Waals surface area contributed by atoms with Crippen LogP contribution >= 0.6 is 0 Å². The number of nitro benzene ring substituents is 1. The monoisotopic (exact) mass is 418 g/mol. The number of ether oxygens (including phenoxy) is 4. The van der Waals surface area contributed by atoms with Crippen LogP contribution in [0.4, 0.5) is 5.69 Å². The van der Waals surface area contributed by atoms with Crippen molar-refractivity contribution in [2.45, 2.75) is 13.5 Å². The summed E-state index contributed by atoms with van der Waals surface area (Å²) in [7, 11) is 2.89. The van der Waals surface area contributed by atoms with Crippen LogP contribution in [0.3, 0.4) is 0 Å². The fraction of sp³-hybridized carbons (Fsp3) is 0.300. The van der Waals surface area contributed by atoms with Crippen molar-refractivity contribution >= 4 is 17.6 Å². The Morgan fingerprint density at radius 2 is 1.77 bits per heavy atom. The number of benzene rings is 2. The number of methoxy groups -OCH3 is 2. The summed E-state index contributed by atoms with van der Waals surface area (Å²) in [6.07, 6.45) is 0. The average Bonchev–Trinajstić information content (AvgIpc) is 2.76. The number of carbonyl (C=O) groups is 2. The summed E-state index contributed by atoms with van der Waals surface area (Å²) in [6, 6.07) is 9.30. The van der Waals surface area contributed by atoms with Crippen molar-refractivity contribution < 1.29 is 33.5 Å². The number of rotatable bonds is 10. The third-order valence-electron chi connectivity index (χ3n) is 3.98. The molecule has 2 aromatic rings. The lowest BCUT2D eigenvalue weighted by molar-refractivity contribution is -0.385. The molecule has 0 aromatic heterocycles. The molecule has 0 saturated carbocycles. The van der Waals surface area contributed by atoms with E-state index in [1.165, 1.54) is 7.11 Å². The van der Waals surface area contributed by atoms with E-state index in [4.69, 9.17) is 18.9 Å². The van der Waals surface area contributed by atoms with E-state index in [0.29, 0.717) is 5.75 Å². The van der Waals surface area contributed by atoms with Crippen molar-refractivity contribution in [3.05, 3.63) is 57.6 Å². The van der Waals surface area contributed by atoms with Gasteiger partial charge >= 0.3 is 5.97 Å². The van der Waals surface area contributed by atoms with Crippen molar-refractivity contribution in [3.8, 4) is 17.2 Å². The average molecular weight is 418 g/mol. The standard InChI is InChI=1S/C20H22N2O8/c1-4-29-18-10-16(22(25)26)15(9-17(18)28-3)20(24)30-12-19(23)21-11-13-5-7-14(27-2)8-6-13/h5-10H,4,11-12H2,1-3H3,(H,21,23). The fourth-order valence-corrected chi connectivity index (χ4v) is 2.50. The van der Waals surface area contributed by atoms with Gasteiger partial charge in [0, 0.05) is 12.6 Å². The van der Waals surface area contributed by atoms with Gasteiger partial charge in [-0.3, -0.25) is 14.9 Å². The molecule has 2 rings (SSSR count). The summed E-state index contributed by atoms with van der Waals surface area (Å²) in [4.78, 5) is 34.9. The van der Waals surface area contributed by atoms with Crippen molar-refractivity contribution in [1.29, 1.82) is 0 Å². The topological polar surface area (TPSA) is 126 Å². The number of amides is 1. The zero-order valence-electron chi connectivity index (χ0n) is 16.8. The van der Waals surface area contributed by atoms with Crippen LogP contribution in [0.1, 0.15) is 22.8 Å². The van der Waals surface area contributed by atoms with Crippen molar-refractivity contribution in [1.82, 2.24) is 5.32 Å². The highest BCUT2D eigenvalue weighted by Crippen LogP contribution is 2.35. The smallest absolute Gasteiger partial charge is 0.345 e. The van der Waals surface area contributed by atoms with Crippen LogP contribution in [0.5, 0.6) is 17.2 Å². The van der Waals surface area contributed by atoms with Crippen LogP contribution in [0, 0.1) is 10.1 Å². The lowest BCUT2D eigenvalue weighted by Crippen LogP contribution is -2.28. The van der Waals surface area contributed by atoms with E-state index in [1.807, 2.05) is 0 Å². The van der Waals surface area contributed by atoms with E-state index in [9.17, 15) is 19.7 Å². The van der Waals surface area contributed by atoms with E-state index in [-0.39, 0.29) is 30.2 Å². The first-order valence-corrected chi connectivity index (χ1v) is 8.95. The zero-order chi connectivity index (χ0) is 22.1. The Hall–Kier alpha value is -3.82. The van der Waals surface area contributed by atoms with Crippen LogP contribution in [-0.2, 0) is 16.1 Å². The number of nitrogens with one attached hydrogen (secondary N) is 1. The largest absolute Gasteiger partial charge is 0.497 e. The molecule has 160 valence electrons. The van der Waals surface area contributed by atoms with E-state index in [0.717, 1.165) is 17.7 Å². The second-order valence-electron chi connectivity index (χ2n) is 5.91. The molecule has 0 saturated heterocycles. The van der Waals surface area contributed by atoms with Gasteiger partial charge in [-0.15, -0.1) is 0 Å². The molecule has 0 aliphatic heterocycles. The summed E-state index contributed by atoms with van der Waals surface area (Å²) < 4.78 is 20.4. The predicted molar refractivity (Wildman–Crippen MR) is 106 cm³/mol. The van der Waals surface area contributed by atoms with Gasteiger partial charge in [0.15, 0.2) is 18.1 Å². The van der Waals surface area contributed by atoms with Gasteiger partial charge in [0.25, 0.3) is 11.6 Å². The van der Waals surface area contributed by atoms with Gasteiger partial charge in [0.1, 0.15) is 11.3 Å². The predicted octanol–water partition coefficient (Wildman–Crippen LogP) is 2.48. The molecule has 0 bridgehead atoms. The lowest BCUT2D eigenvalue weighted by atomic mass is 10.1. The number of nitro groups is 1. The van der Waals surface area contributed by atoms with E-state index in [2.05, 4.69) is 5.32 Å². The molecule has 1 amide bonds. The SMILES string of the molecule is CCOc1cc([N+](=O)[O-])c(C(=O)OCC(=O)NCc2ccc(OC)cc2)cc1OC. The molecule has 0 aliphatic rings. The number of esters is 1. The maximum absolute atomic E-state index is 12.3. The second kappa shape index (κ2) is 10.6. The van der Waals surface area contributed by atoms with Crippen molar-refractivity contribution in [2.75, 3.05) is 27.4 Å². The minimum atomic E-state index is -1.03. The van der Waals surface area contributed by atoms with Crippen molar-refractivity contribution in [3.63, 3.8) is 0 Å². The van der Waals surface area contributed by atoms with Gasteiger partial charge in [-0.2, -0.15) is 0 Å². The Kier molecular flexibility index (Phi) is 7.98. The molecular weight excluding hydrogens is 396 g/mol. The lowest BCUT2D eigenvalue weighted by Gasteiger charge is -2.12. The molecule has 10 heteroatoms. The molecule has 0 radical (unpaired) electrons. The Morgan fingerprint density at radius 1 is 1.07 bits per heavy atom. The Bertz CT molecular complexity index is 912. The van der Waals surface area contributed by atoms with Crippen molar-refractivity contribution in [2.24, 2.45) is 0 Å². The number of hydrogen-bond acceptors (Lipinski definition) is 8. The van der Waals surface area contributed by atoms with Crippen LogP contribution in [0.15, 0.2) is 36.4 Å². The molecule has 0 unspecified atom stereocenters. The zero-order valence-corrected chi connectivity index (χ0v) is 16.8. The summed E-state index contributed by atoms with van der Waals surface area (Å²) in [6.45, 7) is 1.59. The maximum atomic E-state index is 12.3. The molecule has 0 aliphatic carbocycles. The normalized spacial score (nSPS) is 10.1. The number of hydrogen-bond donors (Lipinski definition) is 1. The third kappa shape index (κ3) is 5.84. The van der Waals surface area contributed by atoms with Crippen LogP contribution in [-0.4, -0.2) is 44.2 Å². The summed E-state index contributed by atoms with van der Waals surface area (Å²) >= 11 is 0. The molecule has 1 N–H and O–H groups in total. The summed E-state index contributed by atoms with van der Waals surface area (Å²) in [5.74, 6) is -0.632. The maximum Gasteiger partial charge on any atom is 0.345 e. The van der Waals surface area contributed by atoms with E-state index < -0.39 is 29.1 Å². The van der Waals surface area contributed by atoms with Gasteiger partial charge in [-0.05, 0) is 24.6 Å². The first-order chi connectivity index (χ1) is 14.4. The molecule has 2 aromatic carbocycles.